The molecule has 27 heavy (non-hydrogen) atoms. The highest BCUT2D eigenvalue weighted by Gasteiger charge is 2.43. The van der Waals surface area contributed by atoms with E-state index in [0.29, 0.717) is 13.0 Å². The molecule has 1 aliphatic carbocycles. The second-order valence-electron chi connectivity index (χ2n) is 6.41. The monoisotopic (exact) mass is 439 g/mol. The number of carbonyl (C=O) groups excluding carboxylic acids is 1. The largest absolute Gasteiger partial charge is 0.493 e. The van der Waals surface area contributed by atoms with Crippen LogP contribution in [-0.2, 0) is 11.2 Å². The first-order chi connectivity index (χ1) is 13.0. The Morgan fingerprint density at radius 1 is 1.26 bits per heavy atom. The van der Waals surface area contributed by atoms with E-state index in [4.69, 9.17) is 4.74 Å². The van der Waals surface area contributed by atoms with E-state index in [1.807, 2.05) is 24.3 Å². The van der Waals surface area contributed by atoms with E-state index < -0.39 is 6.61 Å². The molecule has 1 fully saturated rings. The van der Waals surface area contributed by atoms with Crippen LogP contribution in [0.1, 0.15) is 23.5 Å². The number of halogens is 3. The molecule has 7 heteroatoms. The first-order valence-corrected chi connectivity index (χ1v) is 9.42. The SMILES string of the molecule is COc1ccc(CCNC(=O)C2CC2c2cccc(Br)c2)cc1OC(F)F. The number of rotatable bonds is 8. The molecule has 0 saturated heterocycles. The zero-order valence-electron chi connectivity index (χ0n) is 14.8. The summed E-state index contributed by atoms with van der Waals surface area (Å²) in [5, 5.41) is 2.93. The van der Waals surface area contributed by atoms with Crippen LogP contribution in [-0.4, -0.2) is 26.2 Å². The number of benzene rings is 2. The molecule has 0 radical (unpaired) electrons. The van der Waals surface area contributed by atoms with Gasteiger partial charge in [0.05, 0.1) is 7.11 Å². The summed E-state index contributed by atoms with van der Waals surface area (Å²) in [5.74, 6) is 0.520. The van der Waals surface area contributed by atoms with Gasteiger partial charge >= 0.3 is 6.61 Å². The highest BCUT2D eigenvalue weighted by molar-refractivity contribution is 9.10. The Bertz CT molecular complexity index is 816. The molecule has 1 aliphatic rings. The molecule has 0 heterocycles. The van der Waals surface area contributed by atoms with Crippen molar-refractivity contribution in [3.05, 3.63) is 58.1 Å². The second kappa shape index (κ2) is 8.69. The van der Waals surface area contributed by atoms with E-state index in [2.05, 4.69) is 26.0 Å². The summed E-state index contributed by atoms with van der Waals surface area (Å²) in [6.45, 7) is -2.49. The van der Waals surface area contributed by atoms with Gasteiger partial charge < -0.3 is 14.8 Å². The number of hydrogen-bond acceptors (Lipinski definition) is 3. The Morgan fingerprint density at radius 3 is 2.78 bits per heavy atom. The number of nitrogens with one attached hydrogen (secondary N) is 1. The van der Waals surface area contributed by atoms with Crippen LogP contribution < -0.4 is 14.8 Å². The third-order valence-electron chi connectivity index (χ3n) is 4.56. The molecule has 1 saturated carbocycles. The lowest BCUT2D eigenvalue weighted by atomic mass is 10.1. The van der Waals surface area contributed by atoms with Gasteiger partial charge in [-0.05, 0) is 54.2 Å². The minimum absolute atomic E-state index is 0.00626. The summed E-state index contributed by atoms with van der Waals surface area (Å²) in [4.78, 5) is 12.3. The quantitative estimate of drug-likeness (QED) is 0.657. The minimum Gasteiger partial charge on any atom is -0.493 e. The Morgan fingerprint density at radius 2 is 2.07 bits per heavy atom. The summed E-state index contributed by atoms with van der Waals surface area (Å²) >= 11 is 3.45. The van der Waals surface area contributed by atoms with Crippen molar-refractivity contribution in [2.45, 2.75) is 25.4 Å². The molecule has 2 unspecified atom stereocenters. The van der Waals surface area contributed by atoms with Crippen molar-refractivity contribution in [3.8, 4) is 11.5 Å². The zero-order valence-corrected chi connectivity index (χ0v) is 16.3. The molecule has 2 aromatic carbocycles. The molecule has 0 spiro atoms. The van der Waals surface area contributed by atoms with Gasteiger partial charge in [-0.1, -0.05) is 34.1 Å². The predicted molar refractivity (Wildman–Crippen MR) is 101 cm³/mol. The van der Waals surface area contributed by atoms with E-state index in [-0.39, 0.29) is 29.2 Å². The van der Waals surface area contributed by atoms with Gasteiger partial charge in [0.2, 0.25) is 5.91 Å². The molecule has 3 rings (SSSR count). The van der Waals surface area contributed by atoms with Crippen molar-refractivity contribution in [1.29, 1.82) is 0 Å². The van der Waals surface area contributed by atoms with Gasteiger partial charge in [-0.15, -0.1) is 0 Å². The van der Waals surface area contributed by atoms with Crippen molar-refractivity contribution in [2.75, 3.05) is 13.7 Å². The Balaban J connectivity index is 1.51. The molecule has 1 N–H and O–H groups in total. The molecule has 144 valence electrons. The fraction of sp³-hybridized carbons (Fsp3) is 0.350. The third-order valence-corrected chi connectivity index (χ3v) is 5.05. The van der Waals surface area contributed by atoms with Gasteiger partial charge in [-0.25, -0.2) is 0 Å². The highest BCUT2D eigenvalue weighted by atomic mass is 79.9. The molecular weight excluding hydrogens is 420 g/mol. The van der Waals surface area contributed by atoms with Crippen LogP contribution in [0.3, 0.4) is 0 Å². The number of carbonyl (C=O) groups is 1. The molecule has 0 aliphatic heterocycles. The van der Waals surface area contributed by atoms with E-state index in [1.54, 1.807) is 12.1 Å². The molecule has 4 nitrogen and oxygen atoms in total. The molecule has 0 bridgehead atoms. The van der Waals surface area contributed by atoms with Crippen molar-refractivity contribution in [1.82, 2.24) is 5.32 Å². The first-order valence-electron chi connectivity index (χ1n) is 8.63. The number of methoxy groups -OCH3 is 1. The third kappa shape index (κ3) is 5.19. The first kappa shape index (κ1) is 19.6. The van der Waals surface area contributed by atoms with E-state index >= 15 is 0 Å². The lowest BCUT2D eigenvalue weighted by Crippen LogP contribution is -2.27. The second-order valence-corrected chi connectivity index (χ2v) is 7.32. The maximum absolute atomic E-state index is 12.5. The minimum atomic E-state index is -2.92. The van der Waals surface area contributed by atoms with E-state index in [9.17, 15) is 13.6 Å². The fourth-order valence-electron chi connectivity index (χ4n) is 3.12. The molecule has 1 amide bonds. The highest BCUT2D eigenvalue weighted by Crippen LogP contribution is 2.47. The summed E-state index contributed by atoms with van der Waals surface area (Å²) in [7, 11) is 1.39. The number of amides is 1. The summed E-state index contributed by atoms with van der Waals surface area (Å²) in [6.07, 6.45) is 1.36. The topological polar surface area (TPSA) is 47.6 Å². The Labute approximate surface area is 165 Å². The predicted octanol–water partition coefficient (Wildman–Crippen LogP) is 4.52. The van der Waals surface area contributed by atoms with E-state index in [1.165, 1.54) is 13.2 Å². The Hall–Kier alpha value is -2.15. The van der Waals surface area contributed by atoms with Crippen molar-refractivity contribution in [2.24, 2.45) is 5.92 Å². The smallest absolute Gasteiger partial charge is 0.387 e. The molecule has 2 atom stereocenters. The van der Waals surface area contributed by atoms with Gasteiger partial charge in [0.1, 0.15) is 0 Å². The van der Waals surface area contributed by atoms with Gasteiger partial charge in [0, 0.05) is 16.9 Å². The van der Waals surface area contributed by atoms with Gasteiger partial charge in [0.15, 0.2) is 11.5 Å². The standard InChI is InChI=1S/C20H20BrF2NO3/c1-26-17-6-5-12(9-18(17)27-20(22)23)7-8-24-19(25)16-11-15(16)13-3-2-4-14(21)10-13/h2-6,9-10,15-16,20H,7-8,11H2,1H3,(H,24,25). The number of alkyl halides is 2. The van der Waals surface area contributed by atoms with Gasteiger partial charge in [-0.2, -0.15) is 8.78 Å². The van der Waals surface area contributed by atoms with Gasteiger partial charge in [-0.3, -0.25) is 4.79 Å². The van der Waals surface area contributed by atoms with Crippen LogP contribution in [0.15, 0.2) is 46.9 Å². The van der Waals surface area contributed by atoms with E-state index in [0.717, 1.165) is 22.0 Å². The number of ether oxygens (including phenoxy) is 2. The van der Waals surface area contributed by atoms with Crippen molar-refractivity contribution in [3.63, 3.8) is 0 Å². The zero-order chi connectivity index (χ0) is 19.4. The normalized spacial score (nSPS) is 18.3. The average molecular weight is 440 g/mol. The van der Waals surface area contributed by atoms with Crippen LogP contribution in [0.2, 0.25) is 0 Å². The summed E-state index contributed by atoms with van der Waals surface area (Å²) in [6, 6.07) is 12.9. The summed E-state index contributed by atoms with van der Waals surface area (Å²) < 4.78 is 35.5. The lowest BCUT2D eigenvalue weighted by Gasteiger charge is -2.12. The maximum atomic E-state index is 12.5. The molecule has 2 aromatic rings. The van der Waals surface area contributed by atoms with Crippen LogP contribution in [0, 0.1) is 5.92 Å². The number of hydrogen-bond donors (Lipinski definition) is 1. The van der Waals surface area contributed by atoms with Gasteiger partial charge in [0.25, 0.3) is 0 Å². The maximum Gasteiger partial charge on any atom is 0.387 e. The van der Waals surface area contributed by atoms with Crippen LogP contribution in [0.4, 0.5) is 8.78 Å². The Kier molecular flexibility index (Phi) is 6.31. The van der Waals surface area contributed by atoms with Crippen LogP contribution in [0.5, 0.6) is 11.5 Å². The average Bonchev–Trinajstić information content (AvgIpc) is 3.42. The molecular formula is C20H20BrF2NO3. The molecule has 0 aromatic heterocycles. The fourth-order valence-corrected chi connectivity index (χ4v) is 3.53. The summed E-state index contributed by atoms with van der Waals surface area (Å²) in [5.41, 5.74) is 1.94. The van der Waals surface area contributed by atoms with Crippen molar-refractivity contribution < 1.29 is 23.0 Å². The van der Waals surface area contributed by atoms with Crippen LogP contribution >= 0.6 is 15.9 Å². The van der Waals surface area contributed by atoms with Crippen LogP contribution in [0.25, 0.3) is 0 Å². The lowest BCUT2D eigenvalue weighted by molar-refractivity contribution is -0.122. The van der Waals surface area contributed by atoms with Crippen molar-refractivity contribution >= 4 is 21.8 Å².